The summed E-state index contributed by atoms with van der Waals surface area (Å²) in [5, 5.41) is 5.89. The van der Waals surface area contributed by atoms with E-state index in [2.05, 4.69) is 16.4 Å². The van der Waals surface area contributed by atoms with Crippen LogP contribution in [0.3, 0.4) is 0 Å². The van der Waals surface area contributed by atoms with Gasteiger partial charge < -0.3 is 15.0 Å². The molecule has 42 heavy (non-hydrogen) atoms. The van der Waals surface area contributed by atoms with Gasteiger partial charge in [0.2, 0.25) is 5.91 Å². The number of hydrogen-bond acceptors (Lipinski definition) is 3. The molecule has 2 heterocycles. The smallest absolute Gasteiger partial charge is 0.225 e. The first-order chi connectivity index (χ1) is 20.4. The highest BCUT2D eigenvalue weighted by atomic mass is 19.1. The quantitative estimate of drug-likeness (QED) is 0.201. The Morgan fingerprint density at radius 3 is 2.62 bits per heavy atom. The van der Waals surface area contributed by atoms with E-state index < -0.39 is 6.04 Å². The second-order valence-corrected chi connectivity index (χ2v) is 10.5. The number of H-pyrrole nitrogens is 1. The Kier molecular flexibility index (Phi) is 7.40. The molecule has 0 aliphatic carbocycles. The zero-order valence-electron chi connectivity index (χ0n) is 23.2. The number of hydrogen-bond donors (Lipinski definition) is 2. The second-order valence-electron chi connectivity index (χ2n) is 10.5. The number of carbonyl (C=O) groups excluding carboxylic acids is 1. The van der Waals surface area contributed by atoms with E-state index >= 15 is 0 Å². The summed E-state index contributed by atoms with van der Waals surface area (Å²) < 4.78 is 33.7. The molecule has 0 saturated heterocycles. The van der Waals surface area contributed by atoms with E-state index in [4.69, 9.17) is 9.72 Å². The maximum Gasteiger partial charge on any atom is 0.225 e. The molecule has 0 fully saturated rings. The lowest BCUT2D eigenvalue weighted by Gasteiger charge is -2.22. The fraction of sp³-hybridized carbons (Fsp3) is 0.143. The van der Waals surface area contributed by atoms with Gasteiger partial charge in [-0.2, -0.15) is 0 Å². The summed E-state index contributed by atoms with van der Waals surface area (Å²) >= 11 is 0. The van der Waals surface area contributed by atoms with Gasteiger partial charge in [-0.3, -0.25) is 9.78 Å². The van der Waals surface area contributed by atoms with Crippen molar-refractivity contribution in [2.45, 2.75) is 25.8 Å². The van der Waals surface area contributed by atoms with Gasteiger partial charge in [-0.05, 0) is 101 Å². The van der Waals surface area contributed by atoms with E-state index in [0.717, 1.165) is 44.3 Å². The SMILES string of the molecule is COc1ccc2cc(-c3cccnc3[C@H](Cc3cc(C)cc(F)c3)NC(=O)Cc3c[nH]c4ccc(F)cc34)ccc2c1. The molecule has 5 nitrogen and oxygen atoms in total. The summed E-state index contributed by atoms with van der Waals surface area (Å²) in [6.07, 6.45) is 3.80. The van der Waals surface area contributed by atoms with Crippen LogP contribution in [0.5, 0.6) is 5.75 Å². The van der Waals surface area contributed by atoms with Crippen molar-refractivity contribution in [1.29, 1.82) is 0 Å². The van der Waals surface area contributed by atoms with E-state index in [0.29, 0.717) is 23.1 Å². The van der Waals surface area contributed by atoms with Crippen molar-refractivity contribution < 1.29 is 18.3 Å². The molecule has 210 valence electrons. The lowest BCUT2D eigenvalue weighted by Crippen LogP contribution is -2.32. The Balaban J connectivity index is 1.37. The maximum absolute atomic E-state index is 14.4. The minimum atomic E-state index is -0.552. The van der Waals surface area contributed by atoms with Crippen LogP contribution in [0.15, 0.2) is 97.3 Å². The van der Waals surface area contributed by atoms with Gasteiger partial charge in [0.05, 0.1) is 25.3 Å². The third-order valence-electron chi connectivity index (χ3n) is 7.48. The molecule has 0 saturated carbocycles. The molecule has 0 spiro atoms. The van der Waals surface area contributed by atoms with Crippen LogP contribution in [-0.2, 0) is 17.6 Å². The zero-order chi connectivity index (χ0) is 29.2. The number of aromatic nitrogens is 2. The van der Waals surface area contributed by atoms with Crippen LogP contribution in [-0.4, -0.2) is 23.0 Å². The van der Waals surface area contributed by atoms with Crippen LogP contribution >= 0.6 is 0 Å². The van der Waals surface area contributed by atoms with Gasteiger partial charge in [0.1, 0.15) is 17.4 Å². The number of aryl methyl sites for hydroxylation is 1. The van der Waals surface area contributed by atoms with E-state index in [1.165, 1.54) is 24.3 Å². The van der Waals surface area contributed by atoms with Crippen LogP contribution in [0.4, 0.5) is 8.78 Å². The summed E-state index contributed by atoms with van der Waals surface area (Å²) in [6, 6.07) is 24.7. The Hall–Kier alpha value is -5.04. The van der Waals surface area contributed by atoms with Crippen LogP contribution in [0, 0.1) is 18.6 Å². The number of fused-ring (bicyclic) bond motifs is 2. The Bertz CT molecular complexity index is 1910. The molecule has 1 amide bonds. The van der Waals surface area contributed by atoms with Gasteiger partial charge in [0, 0.05) is 28.9 Å². The lowest BCUT2D eigenvalue weighted by molar-refractivity contribution is -0.121. The molecule has 0 unspecified atom stereocenters. The molecule has 0 bridgehead atoms. The number of halogens is 2. The lowest BCUT2D eigenvalue weighted by atomic mass is 9.93. The van der Waals surface area contributed by atoms with Crippen molar-refractivity contribution in [2.24, 2.45) is 0 Å². The standard InChI is InChI=1S/C35H29F2N3O2/c1-21-12-22(14-28(37)13-21)15-33(40-34(41)18-26-20-39-32-10-8-27(36)19-31(26)32)35-30(4-3-11-38-35)25-6-5-24-17-29(42-2)9-7-23(24)16-25/h3-14,16-17,19-20,33,39H,15,18H2,1-2H3,(H,40,41)/t33-/m0/s1. The van der Waals surface area contributed by atoms with Crippen molar-refractivity contribution in [1.82, 2.24) is 15.3 Å². The predicted molar refractivity (Wildman–Crippen MR) is 161 cm³/mol. The van der Waals surface area contributed by atoms with E-state index in [1.807, 2.05) is 55.5 Å². The van der Waals surface area contributed by atoms with Crippen LogP contribution in [0.2, 0.25) is 0 Å². The number of carbonyl (C=O) groups is 1. The van der Waals surface area contributed by atoms with Crippen LogP contribution < -0.4 is 10.1 Å². The highest BCUT2D eigenvalue weighted by Gasteiger charge is 2.22. The fourth-order valence-electron chi connectivity index (χ4n) is 5.55. The number of pyridine rings is 1. The Morgan fingerprint density at radius 1 is 0.952 bits per heavy atom. The minimum Gasteiger partial charge on any atom is -0.497 e. The molecule has 0 aliphatic rings. The summed E-state index contributed by atoms with van der Waals surface area (Å²) in [7, 11) is 1.64. The normalized spacial score (nSPS) is 12.0. The molecule has 6 rings (SSSR count). The van der Waals surface area contributed by atoms with Gasteiger partial charge in [0.25, 0.3) is 0 Å². The van der Waals surface area contributed by atoms with Crippen molar-refractivity contribution >= 4 is 27.6 Å². The Labute approximate surface area is 242 Å². The number of nitrogens with zero attached hydrogens (tertiary/aromatic N) is 1. The van der Waals surface area contributed by atoms with Gasteiger partial charge in [0.15, 0.2) is 0 Å². The maximum atomic E-state index is 14.4. The first-order valence-electron chi connectivity index (χ1n) is 13.7. The molecule has 7 heteroatoms. The van der Waals surface area contributed by atoms with Gasteiger partial charge in [-0.15, -0.1) is 0 Å². The first-order valence-corrected chi connectivity index (χ1v) is 13.7. The molecular formula is C35H29F2N3O2. The highest BCUT2D eigenvalue weighted by molar-refractivity contribution is 5.90. The monoisotopic (exact) mass is 561 g/mol. The van der Waals surface area contributed by atoms with E-state index in [-0.39, 0.29) is 24.0 Å². The second kappa shape index (κ2) is 11.4. The summed E-state index contributed by atoms with van der Waals surface area (Å²) in [6.45, 7) is 1.84. The molecular weight excluding hydrogens is 532 g/mol. The topological polar surface area (TPSA) is 67.0 Å². The molecule has 2 aromatic heterocycles. The van der Waals surface area contributed by atoms with E-state index in [9.17, 15) is 13.6 Å². The molecule has 0 radical (unpaired) electrons. The first kappa shape index (κ1) is 27.1. The van der Waals surface area contributed by atoms with Gasteiger partial charge >= 0.3 is 0 Å². The number of benzene rings is 4. The van der Waals surface area contributed by atoms with Crippen molar-refractivity contribution in [3.05, 3.63) is 131 Å². The number of aromatic amines is 1. The number of nitrogens with one attached hydrogen (secondary N) is 2. The third kappa shape index (κ3) is 5.72. The Morgan fingerprint density at radius 2 is 1.79 bits per heavy atom. The number of rotatable bonds is 8. The van der Waals surface area contributed by atoms with Crippen LogP contribution in [0.1, 0.15) is 28.4 Å². The average molecular weight is 562 g/mol. The summed E-state index contributed by atoms with van der Waals surface area (Å²) in [5.74, 6) is -0.166. The third-order valence-corrected chi connectivity index (χ3v) is 7.48. The van der Waals surface area contributed by atoms with E-state index in [1.54, 1.807) is 25.6 Å². The molecule has 4 aromatic carbocycles. The summed E-state index contributed by atoms with van der Waals surface area (Å²) in [4.78, 5) is 21.3. The number of amides is 1. The van der Waals surface area contributed by atoms with Crippen LogP contribution in [0.25, 0.3) is 32.8 Å². The van der Waals surface area contributed by atoms with Crippen molar-refractivity contribution in [3.63, 3.8) is 0 Å². The molecule has 6 aromatic rings. The number of ether oxygens (including phenoxy) is 1. The van der Waals surface area contributed by atoms with Gasteiger partial charge in [-0.1, -0.05) is 30.3 Å². The predicted octanol–water partition coefficient (Wildman–Crippen LogP) is 7.62. The average Bonchev–Trinajstić information content (AvgIpc) is 3.37. The largest absolute Gasteiger partial charge is 0.497 e. The van der Waals surface area contributed by atoms with Gasteiger partial charge in [-0.25, -0.2) is 8.78 Å². The highest BCUT2D eigenvalue weighted by Crippen LogP contribution is 2.32. The van der Waals surface area contributed by atoms with Crippen molar-refractivity contribution in [2.75, 3.05) is 7.11 Å². The minimum absolute atomic E-state index is 0.0438. The number of methoxy groups -OCH3 is 1. The van der Waals surface area contributed by atoms with Crippen molar-refractivity contribution in [3.8, 4) is 16.9 Å². The summed E-state index contributed by atoms with van der Waals surface area (Å²) in [5.41, 5.74) is 5.46. The molecule has 0 aliphatic heterocycles. The molecule has 1 atom stereocenters. The molecule has 2 N–H and O–H groups in total. The zero-order valence-corrected chi connectivity index (χ0v) is 23.2. The fourth-order valence-corrected chi connectivity index (χ4v) is 5.55.